The molecule has 3 nitrogen and oxygen atoms in total. The molecule has 0 aliphatic heterocycles. The molecule has 90 valence electrons. The lowest BCUT2D eigenvalue weighted by Crippen LogP contribution is -2.17. The second-order valence-corrected chi connectivity index (χ2v) is 4.49. The minimum absolute atomic E-state index is 0.159. The maximum absolute atomic E-state index is 6.25. The van der Waals surface area contributed by atoms with Gasteiger partial charge in [0.15, 0.2) is 0 Å². The number of hydrogen-bond donors (Lipinski definition) is 1. The minimum Gasteiger partial charge on any atom is -0.319 e. The Bertz CT molecular complexity index is 502. The van der Waals surface area contributed by atoms with Crippen LogP contribution in [0.1, 0.15) is 29.9 Å². The van der Waals surface area contributed by atoms with Gasteiger partial charge < -0.3 is 5.73 Å². The maximum Gasteiger partial charge on any atom is 0.0723 e. The van der Waals surface area contributed by atoms with Crippen molar-refractivity contribution in [3.8, 4) is 0 Å². The number of nitrogens with two attached hydrogens (primary N) is 1. The molecule has 0 amide bonds. The van der Waals surface area contributed by atoms with Crippen LogP contribution < -0.4 is 5.73 Å². The van der Waals surface area contributed by atoms with E-state index in [4.69, 9.17) is 17.3 Å². The van der Waals surface area contributed by atoms with Gasteiger partial charge in [0.1, 0.15) is 0 Å². The predicted octanol–water partition coefficient (Wildman–Crippen LogP) is 2.91. The van der Waals surface area contributed by atoms with Crippen molar-refractivity contribution in [1.29, 1.82) is 0 Å². The first kappa shape index (κ1) is 12.1. The van der Waals surface area contributed by atoms with Crippen molar-refractivity contribution >= 4 is 11.6 Å². The summed E-state index contributed by atoms with van der Waals surface area (Å²) < 4.78 is 1.94. The SMILES string of the molecule is CCn1nc(C)cc1C(N)c1ccc(Cl)cc1. The fourth-order valence-electron chi connectivity index (χ4n) is 1.91. The molecule has 2 N–H and O–H groups in total. The fraction of sp³-hybridized carbons (Fsp3) is 0.308. The first-order valence-corrected chi connectivity index (χ1v) is 6.05. The molecule has 0 fully saturated rings. The second-order valence-electron chi connectivity index (χ2n) is 4.06. The van der Waals surface area contributed by atoms with Crippen LogP contribution in [-0.4, -0.2) is 9.78 Å². The largest absolute Gasteiger partial charge is 0.319 e. The molecular weight excluding hydrogens is 234 g/mol. The quantitative estimate of drug-likeness (QED) is 0.909. The number of rotatable bonds is 3. The zero-order chi connectivity index (χ0) is 12.4. The van der Waals surface area contributed by atoms with Crippen LogP contribution >= 0.6 is 11.6 Å². The van der Waals surface area contributed by atoms with Crippen LogP contribution in [0.3, 0.4) is 0 Å². The van der Waals surface area contributed by atoms with E-state index in [0.29, 0.717) is 0 Å². The summed E-state index contributed by atoms with van der Waals surface area (Å²) in [7, 11) is 0. The van der Waals surface area contributed by atoms with Crippen LogP contribution in [-0.2, 0) is 6.54 Å². The monoisotopic (exact) mass is 249 g/mol. The predicted molar refractivity (Wildman–Crippen MR) is 70.1 cm³/mol. The zero-order valence-electron chi connectivity index (χ0n) is 10.0. The molecule has 1 heterocycles. The van der Waals surface area contributed by atoms with E-state index in [1.807, 2.05) is 41.9 Å². The van der Waals surface area contributed by atoms with E-state index in [2.05, 4.69) is 12.0 Å². The Hall–Kier alpha value is -1.32. The Kier molecular flexibility index (Phi) is 3.50. The van der Waals surface area contributed by atoms with Crippen molar-refractivity contribution in [3.63, 3.8) is 0 Å². The van der Waals surface area contributed by atoms with Gasteiger partial charge in [0.05, 0.1) is 17.4 Å². The van der Waals surface area contributed by atoms with Gasteiger partial charge in [0.25, 0.3) is 0 Å². The van der Waals surface area contributed by atoms with E-state index >= 15 is 0 Å². The Morgan fingerprint density at radius 3 is 2.59 bits per heavy atom. The number of benzene rings is 1. The van der Waals surface area contributed by atoms with Gasteiger partial charge in [-0.3, -0.25) is 4.68 Å². The highest BCUT2D eigenvalue weighted by Crippen LogP contribution is 2.22. The number of halogens is 1. The summed E-state index contributed by atoms with van der Waals surface area (Å²) in [5, 5.41) is 5.13. The number of aryl methyl sites for hydroxylation is 2. The molecule has 0 bridgehead atoms. The number of aromatic nitrogens is 2. The van der Waals surface area contributed by atoms with E-state index in [9.17, 15) is 0 Å². The summed E-state index contributed by atoms with van der Waals surface area (Å²) in [4.78, 5) is 0. The topological polar surface area (TPSA) is 43.8 Å². The van der Waals surface area contributed by atoms with Crippen molar-refractivity contribution in [1.82, 2.24) is 9.78 Å². The number of hydrogen-bond acceptors (Lipinski definition) is 2. The van der Waals surface area contributed by atoms with E-state index in [0.717, 1.165) is 28.5 Å². The van der Waals surface area contributed by atoms with Gasteiger partial charge in [0, 0.05) is 11.6 Å². The molecule has 0 saturated heterocycles. The highest BCUT2D eigenvalue weighted by atomic mass is 35.5. The highest BCUT2D eigenvalue weighted by molar-refractivity contribution is 6.30. The van der Waals surface area contributed by atoms with Crippen LogP contribution in [0.25, 0.3) is 0 Å². The second kappa shape index (κ2) is 4.90. The lowest BCUT2D eigenvalue weighted by molar-refractivity contribution is 0.597. The summed E-state index contributed by atoms with van der Waals surface area (Å²) in [5.74, 6) is 0. The average molecular weight is 250 g/mol. The average Bonchev–Trinajstić information content (AvgIpc) is 2.70. The Balaban J connectivity index is 2.35. The summed E-state index contributed by atoms with van der Waals surface area (Å²) in [6.45, 7) is 4.86. The fourth-order valence-corrected chi connectivity index (χ4v) is 2.04. The minimum atomic E-state index is -0.159. The van der Waals surface area contributed by atoms with Crippen LogP contribution in [0, 0.1) is 6.92 Å². The van der Waals surface area contributed by atoms with Gasteiger partial charge in [-0.05, 0) is 37.6 Å². The molecule has 2 aromatic rings. The third-order valence-corrected chi connectivity index (χ3v) is 3.03. The molecule has 0 spiro atoms. The number of nitrogens with zero attached hydrogens (tertiary/aromatic N) is 2. The van der Waals surface area contributed by atoms with Crippen LogP contribution in [0.15, 0.2) is 30.3 Å². The van der Waals surface area contributed by atoms with Crippen LogP contribution in [0.5, 0.6) is 0 Å². The van der Waals surface area contributed by atoms with Crippen molar-refractivity contribution in [3.05, 3.63) is 52.3 Å². The molecule has 2 rings (SSSR count). The lowest BCUT2D eigenvalue weighted by Gasteiger charge is -2.13. The molecule has 4 heteroatoms. The standard InChI is InChI=1S/C13H16ClN3/c1-3-17-12(8-9(2)16-17)13(15)10-4-6-11(14)7-5-10/h4-8,13H,3,15H2,1-2H3. The van der Waals surface area contributed by atoms with E-state index in [1.165, 1.54) is 0 Å². The maximum atomic E-state index is 6.25. The molecule has 1 aromatic heterocycles. The van der Waals surface area contributed by atoms with Crippen LogP contribution in [0.2, 0.25) is 5.02 Å². The molecule has 1 atom stereocenters. The van der Waals surface area contributed by atoms with Crippen molar-refractivity contribution in [2.75, 3.05) is 0 Å². The molecule has 0 radical (unpaired) electrons. The molecule has 1 aromatic carbocycles. The van der Waals surface area contributed by atoms with Gasteiger partial charge in [0.2, 0.25) is 0 Å². The van der Waals surface area contributed by atoms with Gasteiger partial charge in [-0.1, -0.05) is 23.7 Å². The molecule has 0 saturated carbocycles. The summed E-state index contributed by atoms with van der Waals surface area (Å²) in [6, 6.07) is 9.49. The highest BCUT2D eigenvalue weighted by Gasteiger charge is 2.14. The summed E-state index contributed by atoms with van der Waals surface area (Å²) >= 11 is 5.87. The van der Waals surface area contributed by atoms with E-state index in [-0.39, 0.29) is 6.04 Å². The third kappa shape index (κ3) is 2.51. The summed E-state index contributed by atoms with van der Waals surface area (Å²) in [6.07, 6.45) is 0. The molecule has 0 aliphatic rings. The van der Waals surface area contributed by atoms with Crippen LogP contribution in [0.4, 0.5) is 0 Å². The van der Waals surface area contributed by atoms with E-state index in [1.54, 1.807) is 0 Å². The van der Waals surface area contributed by atoms with Gasteiger partial charge in [-0.15, -0.1) is 0 Å². The molecule has 17 heavy (non-hydrogen) atoms. The van der Waals surface area contributed by atoms with Crippen molar-refractivity contribution < 1.29 is 0 Å². The van der Waals surface area contributed by atoms with Gasteiger partial charge in [-0.2, -0.15) is 5.10 Å². The first-order valence-electron chi connectivity index (χ1n) is 5.67. The zero-order valence-corrected chi connectivity index (χ0v) is 10.8. The van der Waals surface area contributed by atoms with Crippen molar-refractivity contribution in [2.45, 2.75) is 26.4 Å². The van der Waals surface area contributed by atoms with E-state index < -0.39 is 0 Å². The first-order chi connectivity index (χ1) is 8.11. The Morgan fingerprint density at radius 2 is 2.00 bits per heavy atom. The van der Waals surface area contributed by atoms with Crippen molar-refractivity contribution in [2.24, 2.45) is 5.73 Å². The normalized spacial score (nSPS) is 12.7. The van der Waals surface area contributed by atoms with Gasteiger partial charge in [-0.25, -0.2) is 0 Å². The molecule has 1 unspecified atom stereocenters. The summed E-state index contributed by atoms with van der Waals surface area (Å²) in [5.41, 5.74) is 9.32. The molecular formula is C13H16ClN3. The Morgan fingerprint density at radius 1 is 1.35 bits per heavy atom. The third-order valence-electron chi connectivity index (χ3n) is 2.78. The smallest absolute Gasteiger partial charge is 0.0723 e. The van der Waals surface area contributed by atoms with Gasteiger partial charge >= 0.3 is 0 Å². The lowest BCUT2D eigenvalue weighted by atomic mass is 10.0. The molecule has 0 aliphatic carbocycles. The Labute approximate surface area is 106 Å².